The summed E-state index contributed by atoms with van der Waals surface area (Å²) in [5.74, 6) is -0.712. The van der Waals surface area contributed by atoms with Gasteiger partial charge in [0.1, 0.15) is 19.3 Å². The van der Waals surface area contributed by atoms with E-state index in [4.69, 9.17) is 9.47 Å². The molecule has 0 aromatic heterocycles. The third-order valence-electron chi connectivity index (χ3n) is 3.99. The Kier molecular flexibility index (Phi) is 13.5. The Morgan fingerprint density at radius 3 is 1.74 bits per heavy atom. The van der Waals surface area contributed by atoms with E-state index < -0.39 is 81.5 Å². The van der Waals surface area contributed by atoms with Gasteiger partial charge in [0.15, 0.2) is 0 Å². The largest absolute Gasteiger partial charge is 0.461 e. The smallest absolute Gasteiger partial charge is 0.424 e. The van der Waals surface area contributed by atoms with Gasteiger partial charge in [0.25, 0.3) is 0 Å². The van der Waals surface area contributed by atoms with E-state index in [2.05, 4.69) is 26.1 Å². The van der Waals surface area contributed by atoms with Crippen LogP contribution >= 0.6 is 0 Å². The first kappa shape index (κ1) is 32.8. The monoisotopic (exact) mass is 533 g/mol. The summed E-state index contributed by atoms with van der Waals surface area (Å²) in [6.45, 7) is -1.93. The number of alkyl halides is 8. The predicted molar refractivity (Wildman–Crippen MR) is 103 cm³/mol. The van der Waals surface area contributed by atoms with Crippen molar-refractivity contribution in [1.82, 2.24) is 5.32 Å². The lowest BCUT2D eigenvalue weighted by Gasteiger charge is -2.26. The van der Waals surface area contributed by atoms with Gasteiger partial charge in [0.2, 0.25) is 11.3 Å². The Bertz CT molecular complexity index is 637. The van der Waals surface area contributed by atoms with Gasteiger partial charge in [-0.25, -0.2) is 18.4 Å². The van der Waals surface area contributed by atoms with Crippen LogP contribution in [0.1, 0.15) is 13.8 Å². The lowest BCUT2D eigenvalue weighted by molar-refractivity contribution is -0.245. The highest BCUT2D eigenvalue weighted by atomic mass is 19.4. The van der Waals surface area contributed by atoms with E-state index in [9.17, 15) is 44.7 Å². The molecule has 0 rings (SSSR count). The summed E-state index contributed by atoms with van der Waals surface area (Å²) in [4.78, 5) is 22.3. The number of alkyl carbamates (subject to hydrolysis) is 1. The van der Waals surface area contributed by atoms with Crippen molar-refractivity contribution in [3.05, 3.63) is 12.7 Å². The van der Waals surface area contributed by atoms with Crippen molar-refractivity contribution in [3.63, 3.8) is 0 Å². The van der Waals surface area contributed by atoms with Gasteiger partial charge in [-0.2, -0.15) is 26.3 Å². The molecule has 16 heteroatoms. The second-order valence-corrected chi connectivity index (χ2v) is 7.35. The fourth-order valence-electron chi connectivity index (χ4n) is 1.84. The highest BCUT2D eigenvalue weighted by Crippen LogP contribution is 2.34. The minimum absolute atomic E-state index is 0.105. The molecule has 0 aromatic rings. The van der Waals surface area contributed by atoms with Crippen molar-refractivity contribution < 1.29 is 68.4 Å². The maximum absolute atomic E-state index is 13.6. The number of ether oxygens (including phenoxy) is 5. The van der Waals surface area contributed by atoms with E-state index in [1.807, 2.05) is 0 Å². The van der Waals surface area contributed by atoms with Crippen molar-refractivity contribution in [2.75, 3.05) is 52.8 Å². The minimum atomic E-state index is -5.24. The third-order valence-corrected chi connectivity index (χ3v) is 3.99. The number of hydrogen-bond acceptors (Lipinski definition) is 7. The lowest BCUT2D eigenvalue weighted by atomic mass is 10.1. The van der Waals surface area contributed by atoms with Gasteiger partial charge < -0.3 is 29.0 Å². The van der Waals surface area contributed by atoms with Gasteiger partial charge in [-0.15, -0.1) is 0 Å². The number of nitrogens with one attached hydrogen (secondary N) is 1. The molecular formula is C19H27F8NO7. The quantitative estimate of drug-likeness (QED) is 0.141. The van der Waals surface area contributed by atoms with Crippen molar-refractivity contribution in [2.45, 2.75) is 43.6 Å². The summed E-state index contributed by atoms with van der Waals surface area (Å²) in [6, 6.07) is 0. The standard InChI is InChI=1S/C19H27F8NO7/c1-4-14(29)34-6-5-28-15(30)35-8-7-33-13(9-31-11-16(2,20)18(22,23)24)10-32-12-17(3,21)19(25,26)27/h4,13H,1,5-12H2,2-3H3,(H,28,30). The number of hydrogen-bond donors (Lipinski definition) is 1. The molecule has 0 aliphatic heterocycles. The highest BCUT2D eigenvalue weighted by Gasteiger charge is 2.53. The van der Waals surface area contributed by atoms with Crippen LogP contribution in [0.5, 0.6) is 0 Å². The zero-order valence-corrected chi connectivity index (χ0v) is 18.9. The molecule has 1 N–H and O–H groups in total. The first-order chi connectivity index (χ1) is 15.9. The number of amides is 1. The Morgan fingerprint density at radius 1 is 0.829 bits per heavy atom. The van der Waals surface area contributed by atoms with Crippen LogP contribution in [0.25, 0.3) is 0 Å². The summed E-state index contributed by atoms with van der Waals surface area (Å²) in [5.41, 5.74) is -7.43. The van der Waals surface area contributed by atoms with E-state index in [1.165, 1.54) is 0 Å². The molecule has 0 aliphatic rings. The first-order valence-corrected chi connectivity index (χ1v) is 9.91. The molecule has 8 nitrogen and oxygen atoms in total. The SMILES string of the molecule is C=CC(=O)OCCNC(=O)OCCOC(COCC(C)(F)C(F)(F)F)COCC(C)(F)C(F)(F)F. The fraction of sp³-hybridized carbons (Fsp3) is 0.789. The molecule has 0 fully saturated rings. The van der Waals surface area contributed by atoms with Crippen molar-refractivity contribution >= 4 is 12.1 Å². The fourth-order valence-corrected chi connectivity index (χ4v) is 1.84. The summed E-state index contributed by atoms with van der Waals surface area (Å²) >= 11 is 0. The van der Waals surface area contributed by atoms with Crippen LogP contribution in [-0.2, 0) is 28.5 Å². The molecule has 0 aliphatic carbocycles. The topological polar surface area (TPSA) is 92.3 Å². The van der Waals surface area contributed by atoms with E-state index >= 15 is 0 Å². The van der Waals surface area contributed by atoms with Crippen LogP contribution in [-0.4, -0.2) is 94.6 Å². The van der Waals surface area contributed by atoms with E-state index in [0.29, 0.717) is 0 Å². The van der Waals surface area contributed by atoms with E-state index in [1.54, 1.807) is 0 Å². The Balaban J connectivity index is 4.60. The van der Waals surface area contributed by atoms with Crippen molar-refractivity contribution in [1.29, 1.82) is 0 Å². The van der Waals surface area contributed by atoms with Crippen molar-refractivity contribution in [2.24, 2.45) is 0 Å². The normalized spacial score (nSPS) is 16.5. The molecule has 2 atom stereocenters. The van der Waals surface area contributed by atoms with Crippen LogP contribution in [0.15, 0.2) is 12.7 Å². The van der Waals surface area contributed by atoms with Gasteiger partial charge >= 0.3 is 24.4 Å². The number of carbonyl (C=O) groups excluding carboxylic acids is 2. The van der Waals surface area contributed by atoms with E-state index in [0.717, 1.165) is 6.08 Å². The number of carbonyl (C=O) groups is 2. The van der Waals surface area contributed by atoms with Crippen molar-refractivity contribution in [3.8, 4) is 0 Å². The van der Waals surface area contributed by atoms with Gasteiger partial charge in [-0.1, -0.05) is 6.58 Å². The lowest BCUT2D eigenvalue weighted by Crippen LogP contribution is -2.44. The molecule has 0 saturated heterocycles. The Morgan fingerprint density at radius 2 is 1.31 bits per heavy atom. The zero-order chi connectivity index (χ0) is 27.3. The van der Waals surface area contributed by atoms with Crippen LogP contribution in [0.2, 0.25) is 0 Å². The second kappa shape index (κ2) is 14.4. The Labute approximate surface area is 195 Å². The summed E-state index contributed by atoms with van der Waals surface area (Å²) in [7, 11) is 0. The first-order valence-electron chi connectivity index (χ1n) is 9.91. The summed E-state index contributed by atoms with van der Waals surface area (Å²) in [6.07, 6.45) is -11.9. The molecule has 0 aromatic carbocycles. The average molecular weight is 533 g/mol. The molecular weight excluding hydrogens is 506 g/mol. The summed E-state index contributed by atoms with van der Waals surface area (Å²) < 4.78 is 126. The maximum atomic E-state index is 13.6. The van der Waals surface area contributed by atoms with Gasteiger partial charge in [0.05, 0.1) is 39.6 Å². The molecule has 0 spiro atoms. The number of rotatable bonds is 16. The molecule has 1 amide bonds. The zero-order valence-electron chi connectivity index (χ0n) is 18.9. The molecule has 206 valence electrons. The molecule has 2 unspecified atom stereocenters. The number of halogens is 8. The highest BCUT2D eigenvalue weighted by molar-refractivity contribution is 5.81. The average Bonchev–Trinajstić information content (AvgIpc) is 2.71. The van der Waals surface area contributed by atoms with Crippen LogP contribution in [0.4, 0.5) is 39.9 Å². The molecule has 35 heavy (non-hydrogen) atoms. The predicted octanol–water partition coefficient (Wildman–Crippen LogP) is 3.44. The van der Waals surface area contributed by atoms with Gasteiger partial charge in [-0.05, 0) is 13.8 Å². The number of esters is 1. The summed E-state index contributed by atoms with van der Waals surface area (Å²) in [5, 5.41) is 2.21. The van der Waals surface area contributed by atoms with Gasteiger partial charge in [0, 0.05) is 6.08 Å². The second-order valence-electron chi connectivity index (χ2n) is 7.35. The maximum Gasteiger partial charge on any atom is 0.424 e. The van der Waals surface area contributed by atoms with Crippen LogP contribution < -0.4 is 5.32 Å². The van der Waals surface area contributed by atoms with Gasteiger partial charge in [-0.3, -0.25) is 0 Å². The molecule has 0 radical (unpaired) electrons. The molecule has 0 heterocycles. The minimum Gasteiger partial charge on any atom is -0.461 e. The molecule has 0 saturated carbocycles. The third kappa shape index (κ3) is 13.5. The van der Waals surface area contributed by atoms with Crippen LogP contribution in [0, 0.1) is 0 Å². The molecule has 0 bridgehead atoms. The van der Waals surface area contributed by atoms with Crippen LogP contribution in [0.3, 0.4) is 0 Å². The Hall–Kier alpha value is -2.20. The van der Waals surface area contributed by atoms with E-state index in [-0.39, 0.29) is 27.0 Å².